The van der Waals surface area contributed by atoms with Crippen molar-refractivity contribution < 1.29 is 19.5 Å². The van der Waals surface area contributed by atoms with Crippen molar-refractivity contribution in [1.29, 1.82) is 0 Å². The highest BCUT2D eigenvalue weighted by molar-refractivity contribution is 6.05. The van der Waals surface area contributed by atoms with Gasteiger partial charge in [0.25, 0.3) is 0 Å². The Labute approximate surface area is 129 Å². The summed E-state index contributed by atoms with van der Waals surface area (Å²) in [6, 6.07) is 7.92. The number of rotatable bonds is 6. The number of carbonyl (C=O) groups is 3. The molecule has 2 rings (SSSR count). The average Bonchev–Trinajstić information content (AvgIpc) is 2.68. The number of imide groups is 1. The van der Waals surface area contributed by atoms with Crippen molar-refractivity contribution in [1.82, 2.24) is 9.80 Å². The molecule has 22 heavy (non-hydrogen) atoms. The summed E-state index contributed by atoms with van der Waals surface area (Å²) < 4.78 is 0. The van der Waals surface area contributed by atoms with E-state index in [0.717, 1.165) is 17.0 Å². The van der Waals surface area contributed by atoms with Gasteiger partial charge < -0.3 is 10.0 Å². The molecule has 6 heteroatoms. The molecule has 118 valence electrons. The first-order valence-corrected chi connectivity index (χ1v) is 7.15. The lowest BCUT2D eigenvalue weighted by atomic mass is 9.97. The van der Waals surface area contributed by atoms with E-state index in [4.69, 9.17) is 5.11 Å². The largest absolute Gasteiger partial charge is 0.480 e. The minimum atomic E-state index is -1.17. The zero-order chi connectivity index (χ0) is 16.3. The lowest BCUT2D eigenvalue weighted by Crippen LogP contribution is -2.35. The normalized spacial score (nSPS) is 18.3. The zero-order valence-corrected chi connectivity index (χ0v) is 12.8. The molecular weight excluding hydrogens is 284 g/mol. The fourth-order valence-electron chi connectivity index (χ4n) is 2.64. The van der Waals surface area contributed by atoms with Gasteiger partial charge in [0.1, 0.15) is 6.54 Å². The van der Waals surface area contributed by atoms with E-state index in [1.807, 2.05) is 38.4 Å². The first-order valence-electron chi connectivity index (χ1n) is 7.15. The van der Waals surface area contributed by atoms with Gasteiger partial charge in [-0.15, -0.1) is 0 Å². The van der Waals surface area contributed by atoms with E-state index in [9.17, 15) is 14.4 Å². The summed E-state index contributed by atoms with van der Waals surface area (Å²) in [6.07, 6.45) is 0.550. The molecule has 6 nitrogen and oxygen atoms in total. The molecule has 0 radical (unpaired) electrons. The number of carboxylic acids is 1. The predicted molar refractivity (Wildman–Crippen MR) is 80.0 cm³/mol. The van der Waals surface area contributed by atoms with Crippen LogP contribution in [-0.2, 0) is 27.3 Å². The number of hydrogen-bond donors (Lipinski definition) is 1. The highest BCUT2D eigenvalue weighted by Crippen LogP contribution is 2.23. The molecule has 1 aromatic rings. The monoisotopic (exact) mass is 304 g/mol. The second kappa shape index (κ2) is 6.70. The summed E-state index contributed by atoms with van der Waals surface area (Å²) in [6.45, 7) is 0.295. The molecule has 1 N–H and O–H groups in total. The highest BCUT2D eigenvalue weighted by atomic mass is 16.4. The van der Waals surface area contributed by atoms with Crippen LogP contribution < -0.4 is 0 Å². The number of benzene rings is 1. The second-order valence-electron chi connectivity index (χ2n) is 5.87. The fraction of sp³-hybridized carbons (Fsp3) is 0.438. The lowest BCUT2D eigenvalue weighted by molar-refractivity contribution is -0.149. The third-order valence-corrected chi connectivity index (χ3v) is 3.63. The zero-order valence-electron chi connectivity index (χ0n) is 12.8. The summed E-state index contributed by atoms with van der Waals surface area (Å²) in [5, 5.41) is 8.74. The Morgan fingerprint density at radius 2 is 1.82 bits per heavy atom. The summed E-state index contributed by atoms with van der Waals surface area (Å²) in [7, 11) is 3.99. The van der Waals surface area contributed by atoms with Gasteiger partial charge >= 0.3 is 5.97 Å². The highest BCUT2D eigenvalue weighted by Gasteiger charge is 2.39. The number of likely N-dealkylation sites (tertiary alicyclic amines) is 1. The van der Waals surface area contributed by atoms with E-state index in [2.05, 4.69) is 4.90 Å². The van der Waals surface area contributed by atoms with Crippen LogP contribution in [0.3, 0.4) is 0 Å². The van der Waals surface area contributed by atoms with Crippen LogP contribution in [0, 0.1) is 5.92 Å². The molecule has 1 saturated heterocycles. The van der Waals surface area contributed by atoms with Crippen molar-refractivity contribution >= 4 is 17.8 Å². The number of hydrogen-bond acceptors (Lipinski definition) is 4. The third-order valence-electron chi connectivity index (χ3n) is 3.63. The lowest BCUT2D eigenvalue weighted by Gasteiger charge is -2.13. The number of carboxylic acid groups (broad SMARTS) is 1. The molecule has 1 atom stereocenters. The summed E-state index contributed by atoms with van der Waals surface area (Å²) >= 11 is 0. The summed E-state index contributed by atoms with van der Waals surface area (Å²) in [4.78, 5) is 37.4. The molecule has 0 spiro atoms. The molecule has 1 fully saturated rings. The molecule has 0 aliphatic carbocycles. The average molecular weight is 304 g/mol. The first-order chi connectivity index (χ1) is 10.4. The SMILES string of the molecule is CN(C)Cc1ccc(CC2CC(=O)N(CC(=O)O)C2=O)cc1. The van der Waals surface area contributed by atoms with Crippen LogP contribution in [0.1, 0.15) is 17.5 Å². The third kappa shape index (κ3) is 3.92. The maximum Gasteiger partial charge on any atom is 0.323 e. The van der Waals surface area contributed by atoms with Gasteiger partial charge in [-0.1, -0.05) is 24.3 Å². The van der Waals surface area contributed by atoms with Crippen molar-refractivity contribution in [2.45, 2.75) is 19.4 Å². The van der Waals surface area contributed by atoms with Crippen LogP contribution in [0.25, 0.3) is 0 Å². The quantitative estimate of drug-likeness (QED) is 0.785. The number of nitrogens with zero attached hydrogens (tertiary/aromatic N) is 2. The van der Waals surface area contributed by atoms with Crippen molar-refractivity contribution in [3.63, 3.8) is 0 Å². The van der Waals surface area contributed by atoms with Crippen LogP contribution in [0.5, 0.6) is 0 Å². The maximum atomic E-state index is 12.1. The minimum Gasteiger partial charge on any atom is -0.480 e. The van der Waals surface area contributed by atoms with Gasteiger partial charge in [0.05, 0.1) is 5.92 Å². The van der Waals surface area contributed by atoms with Gasteiger partial charge in [0.2, 0.25) is 11.8 Å². The van der Waals surface area contributed by atoms with Crippen molar-refractivity contribution in [2.75, 3.05) is 20.6 Å². The molecule has 0 aromatic heterocycles. The van der Waals surface area contributed by atoms with Crippen LogP contribution in [0.4, 0.5) is 0 Å². The second-order valence-corrected chi connectivity index (χ2v) is 5.87. The van der Waals surface area contributed by atoms with Gasteiger partial charge in [-0.2, -0.15) is 0 Å². The molecule has 1 aliphatic rings. The Hall–Kier alpha value is -2.21. The van der Waals surface area contributed by atoms with Gasteiger partial charge in [0.15, 0.2) is 0 Å². The number of aliphatic carboxylic acids is 1. The number of amides is 2. The Morgan fingerprint density at radius 3 is 2.36 bits per heavy atom. The van der Waals surface area contributed by atoms with E-state index in [1.54, 1.807) is 0 Å². The van der Waals surface area contributed by atoms with Crippen LogP contribution in [0.15, 0.2) is 24.3 Å². The van der Waals surface area contributed by atoms with E-state index in [0.29, 0.717) is 6.42 Å². The predicted octanol–water partition coefficient (Wildman–Crippen LogP) is 0.750. The Morgan fingerprint density at radius 1 is 1.23 bits per heavy atom. The maximum absolute atomic E-state index is 12.1. The molecule has 1 unspecified atom stereocenters. The van der Waals surface area contributed by atoms with Gasteiger partial charge in [-0.05, 0) is 31.6 Å². The Balaban J connectivity index is 2.00. The smallest absolute Gasteiger partial charge is 0.323 e. The van der Waals surface area contributed by atoms with Crippen molar-refractivity contribution in [3.8, 4) is 0 Å². The molecule has 1 aliphatic heterocycles. The standard InChI is InChI=1S/C16H20N2O4/c1-17(2)9-12-5-3-11(4-6-12)7-13-8-14(19)18(16(13)22)10-15(20)21/h3-6,13H,7-10H2,1-2H3,(H,20,21). The fourth-order valence-corrected chi connectivity index (χ4v) is 2.64. The molecule has 0 saturated carbocycles. The van der Waals surface area contributed by atoms with Crippen LogP contribution in [0.2, 0.25) is 0 Å². The topological polar surface area (TPSA) is 77.9 Å². The summed E-state index contributed by atoms with van der Waals surface area (Å²) in [5.41, 5.74) is 2.15. The Kier molecular flexibility index (Phi) is 4.92. The van der Waals surface area contributed by atoms with E-state index in [-0.39, 0.29) is 12.3 Å². The Bertz CT molecular complexity index is 580. The molecular formula is C16H20N2O4. The van der Waals surface area contributed by atoms with Crippen LogP contribution >= 0.6 is 0 Å². The van der Waals surface area contributed by atoms with Gasteiger partial charge in [-0.25, -0.2) is 0 Å². The van der Waals surface area contributed by atoms with Crippen molar-refractivity contribution in [2.24, 2.45) is 5.92 Å². The number of carbonyl (C=O) groups excluding carboxylic acids is 2. The molecule has 2 amide bonds. The molecule has 0 bridgehead atoms. The molecule has 1 heterocycles. The minimum absolute atomic E-state index is 0.0889. The van der Waals surface area contributed by atoms with E-state index >= 15 is 0 Å². The summed E-state index contributed by atoms with van der Waals surface area (Å²) in [5.74, 6) is -2.41. The van der Waals surface area contributed by atoms with E-state index in [1.165, 1.54) is 5.56 Å². The first kappa shape index (κ1) is 16.2. The van der Waals surface area contributed by atoms with Gasteiger partial charge in [-0.3, -0.25) is 19.3 Å². The van der Waals surface area contributed by atoms with E-state index < -0.39 is 24.3 Å². The van der Waals surface area contributed by atoms with Crippen LogP contribution in [-0.4, -0.2) is 53.3 Å². The molecule has 1 aromatic carbocycles. The van der Waals surface area contributed by atoms with Crippen molar-refractivity contribution in [3.05, 3.63) is 35.4 Å². The van der Waals surface area contributed by atoms with Gasteiger partial charge in [0, 0.05) is 13.0 Å².